The number of hydrogen-bond acceptors (Lipinski definition) is 5. The Labute approximate surface area is 126 Å². The van der Waals surface area contributed by atoms with Gasteiger partial charge in [0.2, 0.25) is 0 Å². The summed E-state index contributed by atoms with van der Waals surface area (Å²) in [6.07, 6.45) is -0.617. The predicted molar refractivity (Wildman–Crippen MR) is 76.0 cm³/mol. The molecule has 1 aromatic carbocycles. The highest BCUT2D eigenvalue weighted by Gasteiger charge is 2.17. The fourth-order valence-electron chi connectivity index (χ4n) is 1.93. The van der Waals surface area contributed by atoms with Crippen LogP contribution in [0.5, 0.6) is 0 Å². The van der Waals surface area contributed by atoms with Gasteiger partial charge < -0.3 is 9.84 Å². The Balaban J connectivity index is 2.25. The average molecular weight is 311 g/mol. The van der Waals surface area contributed by atoms with Crippen LogP contribution in [0.15, 0.2) is 18.2 Å². The van der Waals surface area contributed by atoms with Crippen molar-refractivity contribution in [1.29, 1.82) is 0 Å². The van der Waals surface area contributed by atoms with Gasteiger partial charge in [-0.05, 0) is 41.1 Å². The third-order valence-electron chi connectivity index (χ3n) is 3.06. The second kappa shape index (κ2) is 6.64. The monoisotopic (exact) mass is 310 g/mol. The first-order chi connectivity index (χ1) is 10.0. The van der Waals surface area contributed by atoms with Crippen molar-refractivity contribution in [1.82, 2.24) is 20.2 Å². The Morgan fingerprint density at radius 3 is 2.90 bits per heavy atom. The molecule has 2 aromatic rings. The van der Waals surface area contributed by atoms with Crippen molar-refractivity contribution < 1.29 is 14.6 Å². The topological polar surface area (TPSA) is 90.1 Å². The number of ether oxygens (including phenoxy) is 1. The normalized spacial score (nSPS) is 12.3. The standard InChI is InChI=1S/C13H15ClN4O3/c1-8-5-9(3-4-11(8)14)13-15-16-17-18(13)7-10(21-2)6-12(19)20/h3-5,10H,6-7H2,1-2H3,(H,19,20). The van der Waals surface area contributed by atoms with Gasteiger partial charge in [-0.2, -0.15) is 0 Å². The highest BCUT2D eigenvalue weighted by molar-refractivity contribution is 6.31. The fourth-order valence-corrected chi connectivity index (χ4v) is 2.05. The molecule has 0 saturated carbocycles. The molecule has 0 amide bonds. The molecule has 1 N–H and O–H groups in total. The zero-order valence-corrected chi connectivity index (χ0v) is 12.4. The van der Waals surface area contributed by atoms with Gasteiger partial charge in [-0.1, -0.05) is 11.6 Å². The summed E-state index contributed by atoms with van der Waals surface area (Å²) < 4.78 is 6.68. The van der Waals surface area contributed by atoms with E-state index in [2.05, 4.69) is 15.5 Å². The molecule has 0 fully saturated rings. The summed E-state index contributed by atoms with van der Waals surface area (Å²) in [7, 11) is 1.46. The minimum atomic E-state index is -0.932. The molecule has 1 heterocycles. The Hall–Kier alpha value is -1.99. The zero-order valence-electron chi connectivity index (χ0n) is 11.7. The molecule has 8 heteroatoms. The van der Waals surface area contributed by atoms with Crippen molar-refractivity contribution in [2.45, 2.75) is 26.0 Å². The minimum Gasteiger partial charge on any atom is -0.481 e. The number of benzene rings is 1. The largest absolute Gasteiger partial charge is 0.481 e. The SMILES string of the molecule is COC(CC(=O)O)Cn1nnnc1-c1ccc(Cl)c(C)c1. The Bertz CT molecular complexity index is 644. The van der Waals surface area contributed by atoms with Crippen LogP contribution in [0.3, 0.4) is 0 Å². The maximum Gasteiger partial charge on any atom is 0.306 e. The molecule has 7 nitrogen and oxygen atoms in total. The van der Waals surface area contributed by atoms with Gasteiger partial charge in [-0.25, -0.2) is 4.68 Å². The van der Waals surface area contributed by atoms with E-state index in [0.717, 1.165) is 11.1 Å². The predicted octanol–water partition coefficient (Wildman–Crippen LogP) is 1.79. The molecule has 0 bridgehead atoms. The van der Waals surface area contributed by atoms with Crippen molar-refractivity contribution in [3.8, 4) is 11.4 Å². The average Bonchev–Trinajstić information content (AvgIpc) is 2.88. The van der Waals surface area contributed by atoms with Crippen LogP contribution in [0.4, 0.5) is 0 Å². The van der Waals surface area contributed by atoms with Crippen LogP contribution in [0.2, 0.25) is 5.02 Å². The van der Waals surface area contributed by atoms with E-state index in [1.807, 2.05) is 19.1 Å². The number of carboxylic acid groups (broad SMARTS) is 1. The third kappa shape index (κ3) is 3.77. The van der Waals surface area contributed by atoms with E-state index < -0.39 is 12.1 Å². The Morgan fingerprint density at radius 1 is 1.52 bits per heavy atom. The zero-order chi connectivity index (χ0) is 15.4. The van der Waals surface area contributed by atoms with Crippen molar-refractivity contribution >= 4 is 17.6 Å². The van der Waals surface area contributed by atoms with E-state index in [0.29, 0.717) is 10.8 Å². The van der Waals surface area contributed by atoms with E-state index in [1.54, 1.807) is 6.07 Å². The third-order valence-corrected chi connectivity index (χ3v) is 3.48. The van der Waals surface area contributed by atoms with Crippen LogP contribution < -0.4 is 0 Å². The van der Waals surface area contributed by atoms with E-state index in [4.69, 9.17) is 21.4 Å². The summed E-state index contributed by atoms with van der Waals surface area (Å²) in [6.45, 7) is 2.15. The van der Waals surface area contributed by atoms with Gasteiger partial charge in [-0.3, -0.25) is 4.79 Å². The number of tetrazole rings is 1. The quantitative estimate of drug-likeness (QED) is 0.875. The van der Waals surface area contributed by atoms with Crippen molar-refractivity contribution in [3.05, 3.63) is 28.8 Å². The van der Waals surface area contributed by atoms with Crippen molar-refractivity contribution in [2.75, 3.05) is 7.11 Å². The summed E-state index contributed by atoms with van der Waals surface area (Å²) in [5, 5.41) is 21.0. The van der Waals surface area contributed by atoms with E-state index in [-0.39, 0.29) is 13.0 Å². The second-order valence-electron chi connectivity index (χ2n) is 4.60. The molecule has 0 aliphatic heterocycles. The number of aliphatic carboxylic acids is 1. The molecule has 1 aromatic heterocycles. The summed E-state index contributed by atoms with van der Waals surface area (Å²) >= 11 is 6.00. The smallest absolute Gasteiger partial charge is 0.306 e. The van der Waals surface area contributed by atoms with E-state index in [9.17, 15) is 4.79 Å². The number of methoxy groups -OCH3 is 1. The molecule has 112 valence electrons. The molecule has 0 spiro atoms. The molecular weight excluding hydrogens is 296 g/mol. The number of carbonyl (C=O) groups is 1. The van der Waals surface area contributed by atoms with Crippen molar-refractivity contribution in [2.24, 2.45) is 0 Å². The lowest BCUT2D eigenvalue weighted by Gasteiger charge is -2.13. The number of halogens is 1. The number of rotatable bonds is 6. The van der Waals surface area contributed by atoms with Gasteiger partial charge >= 0.3 is 5.97 Å². The molecule has 2 rings (SSSR count). The van der Waals surface area contributed by atoms with Crippen LogP contribution in [-0.4, -0.2) is 44.5 Å². The summed E-state index contributed by atoms with van der Waals surface area (Å²) in [5.41, 5.74) is 1.73. The lowest BCUT2D eigenvalue weighted by atomic mass is 10.1. The molecule has 0 radical (unpaired) electrons. The minimum absolute atomic E-state index is 0.116. The first-order valence-electron chi connectivity index (χ1n) is 6.28. The van der Waals surface area contributed by atoms with E-state index in [1.165, 1.54) is 11.8 Å². The highest BCUT2D eigenvalue weighted by Crippen LogP contribution is 2.23. The van der Waals surface area contributed by atoms with E-state index >= 15 is 0 Å². The van der Waals surface area contributed by atoms with Crippen LogP contribution in [0.1, 0.15) is 12.0 Å². The second-order valence-corrected chi connectivity index (χ2v) is 5.01. The van der Waals surface area contributed by atoms with Crippen LogP contribution in [-0.2, 0) is 16.1 Å². The summed E-state index contributed by atoms with van der Waals surface area (Å²) in [4.78, 5) is 10.8. The van der Waals surface area contributed by atoms with Crippen LogP contribution >= 0.6 is 11.6 Å². The van der Waals surface area contributed by atoms with Gasteiger partial charge in [0.1, 0.15) is 0 Å². The van der Waals surface area contributed by atoms with Crippen LogP contribution in [0, 0.1) is 6.92 Å². The molecule has 21 heavy (non-hydrogen) atoms. The fraction of sp³-hybridized carbons (Fsp3) is 0.385. The number of hydrogen-bond donors (Lipinski definition) is 1. The molecule has 1 atom stereocenters. The lowest BCUT2D eigenvalue weighted by Crippen LogP contribution is -2.23. The maximum absolute atomic E-state index is 10.8. The molecular formula is C13H15ClN4O3. The lowest BCUT2D eigenvalue weighted by molar-refractivity contribution is -0.139. The first-order valence-corrected chi connectivity index (χ1v) is 6.66. The van der Waals surface area contributed by atoms with Gasteiger partial charge in [0.05, 0.1) is 19.1 Å². The molecule has 1 unspecified atom stereocenters. The summed E-state index contributed by atoms with van der Waals surface area (Å²) in [5.74, 6) is -0.388. The van der Waals surface area contributed by atoms with Gasteiger partial charge in [0, 0.05) is 17.7 Å². The van der Waals surface area contributed by atoms with Crippen molar-refractivity contribution in [3.63, 3.8) is 0 Å². The number of carboxylic acids is 1. The molecule has 0 saturated heterocycles. The molecule has 0 aliphatic rings. The Morgan fingerprint density at radius 2 is 2.29 bits per heavy atom. The first kappa shape index (κ1) is 15.4. The van der Waals surface area contributed by atoms with Gasteiger partial charge in [-0.15, -0.1) is 5.10 Å². The maximum atomic E-state index is 10.8. The van der Waals surface area contributed by atoms with Crippen LogP contribution in [0.25, 0.3) is 11.4 Å². The van der Waals surface area contributed by atoms with Gasteiger partial charge in [0.15, 0.2) is 5.82 Å². The number of nitrogens with zero attached hydrogens (tertiary/aromatic N) is 4. The summed E-state index contributed by atoms with van der Waals surface area (Å²) in [6, 6.07) is 5.47. The molecule has 0 aliphatic carbocycles. The Kier molecular flexibility index (Phi) is 4.87. The number of aryl methyl sites for hydroxylation is 1. The highest BCUT2D eigenvalue weighted by atomic mass is 35.5. The number of aromatic nitrogens is 4. The van der Waals surface area contributed by atoms with Gasteiger partial charge in [0.25, 0.3) is 0 Å².